The van der Waals surface area contributed by atoms with E-state index in [0.29, 0.717) is 12.6 Å². The summed E-state index contributed by atoms with van der Waals surface area (Å²) in [5, 5.41) is 28.5. The van der Waals surface area contributed by atoms with Crippen molar-refractivity contribution in [3.63, 3.8) is 0 Å². The van der Waals surface area contributed by atoms with Gasteiger partial charge in [-0.2, -0.15) is 0 Å². The number of unbranched alkanes of at least 4 members (excludes halogenated alkanes) is 15. The lowest BCUT2D eigenvalue weighted by atomic mass is 10.00. The quantitative estimate of drug-likeness (QED) is 0.0528. The van der Waals surface area contributed by atoms with Crippen LogP contribution in [-0.2, 0) is 4.74 Å². The lowest BCUT2D eigenvalue weighted by Gasteiger charge is -2.45. The third-order valence-corrected chi connectivity index (χ3v) is 8.53. The zero-order valence-corrected chi connectivity index (χ0v) is 26.3. The third-order valence-electron chi connectivity index (χ3n) is 8.53. The van der Waals surface area contributed by atoms with Crippen LogP contribution in [0.4, 0.5) is 0 Å². The molecule has 0 aromatic heterocycles. The molecule has 0 radical (unpaired) electrons. The minimum atomic E-state index is 0.177. The summed E-state index contributed by atoms with van der Waals surface area (Å²) in [6.45, 7) is 7.74. The Labute approximate surface area is 243 Å². The molecule has 0 aliphatic heterocycles. The predicted octanol–water partition coefficient (Wildman–Crippen LogP) is 6.73. The van der Waals surface area contributed by atoms with Gasteiger partial charge in [0.05, 0.1) is 25.7 Å². The van der Waals surface area contributed by atoms with Gasteiger partial charge in [-0.15, -0.1) is 0 Å². The van der Waals surface area contributed by atoms with Crippen LogP contribution in [0.15, 0.2) is 0 Å². The van der Waals surface area contributed by atoms with Gasteiger partial charge in [0.25, 0.3) is 0 Å². The van der Waals surface area contributed by atoms with Crippen LogP contribution in [0, 0.1) is 0 Å². The minimum Gasteiger partial charge on any atom is -0.396 e. The Morgan fingerprint density at radius 2 is 0.897 bits per heavy atom. The standard InChI is InChI=1S/C33H71N2O4/c1-2-3-4-5-6-7-8-9-10-11-12-13-14-15-16-17-31-39-32-18-22-33(23-24-34)35(25-19-28-36,26-20-29-37)27-21-30-38/h33,36-38H,2-32,34H2,1H3/q+1. The Bertz CT molecular complexity index is 445. The summed E-state index contributed by atoms with van der Waals surface area (Å²) in [5.74, 6) is 0. The molecule has 5 N–H and O–H groups in total. The molecule has 0 fully saturated rings. The smallest absolute Gasteiger partial charge is 0.0903 e. The summed E-state index contributed by atoms with van der Waals surface area (Å²) in [6, 6.07) is 0.388. The highest BCUT2D eigenvalue weighted by Gasteiger charge is 2.34. The van der Waals surface area contributed by atoms with E-state index in [4.69, 9.17) is 10.5 Å². The Morgan fingerprint density at radius 1 is 0.513 bits per heavy atom. The summed E-state index contributed by atoms with van der Waals surface area (Å²) < 4.78 is 6.82. The van der Waals surface area contributed by atoms with E-state index in [0.717, 1.165) is 82.3 Å². The summed E-state index contributed by atoms with van der Waals surface area (Å²) in [5.41, 5.74) is 6.00. The second kappa shape index (κ2) is 30.7. The largest absolute Gasteiger partial charge is 0.396 e. The highest BCUT2D eigenvalue weighted by atomic mass is 16.5. The van der Waals surface area contributed by atoms with Crippen LogP contribution in [0.2, 0.25) is 0 Å². The molecule has 0 aliphatic carbocycles. The van der Waals surface area contributed by atoms with Gasteiger partial charge in [-0.1, -0.05) is 103 Å². The summed E-state index contributed by atoms with van der Waals surface area (Å²) in [7, 11) is 0. The van der Waals surface area contributed by atoms with Crippen molar-refractivity contribution < 1.29 is 24.5 Å². The van der Waals surface area contributed by atoms with E-state index in [1.165, 1.54) is 96.3 Å². The normalized spacial score (nSPS) is 12.8. The number of nitrogens with zero attached hydrogens (tertiary/aromatic N) is 1. The molecule has 6 heteroatoms. The van der Waals surface area contributed by atoms with Gasteiger partial charge in [-0.05, 0) is 19.4 Å². The van der Waals surface area contributed by atoms with Gasteiger partial charge < -0.3 is 30.3 Å². The van der Waals surface area contributed by atoms with Gasteiger partial charge >= 0.3 is 0 Å². The molecule has 6 nitrogen and oxygen atoms in total. The van der Waals surface area contributed by atoms with Gasteiger partial charge in [-0.3, -0.25) is 0 Å². The van der Waals surface area contributed by atoms with Crippen LogP contribution >= 0.6 is 0 Å². The zero-order valence-electron chi connectivity index (χ0n) is 26.3. The topological polar surface area (TPSA) is 95.9 Å². The Balaban J connectivity index is 3.90. The first kappa shape index (κ1) is 38.8. The van der Waals surface area contributed by atoms with Crippen molar-refractivity contribution in [3.8, 4) is 0 Å². The number of hydrogen-bond acceptors (Lipinski definition) is 5. The van der Waals surface area contributed by atoms with E-state index >= 15 is 0 Å². The molecule has 0 amide bonds. The fraction of sp³-hybridized carbons (Fsp3) is 1.00. The van der Waals surface area contributed by atoms with Crippen molar-refractivity contribution in [2.75, 3.05) is 59.2 Å². The molecular formula is C33H71N2O4+. The average molecular weight is 560 g/mol. The lowest BCUT2D eigenvalue weighted by Crippen LogP contribution is -2.58. The highest BCUT2D eigenvalue weighted by Crippen LogP contribution is 2.24. The Morgan fingerprint density at radius 3 is 1.28 bits per heavy atom. The van der Waals surface area contributed by atoms with Crippen molar-refractivity contribution in [1.29, 1.82) is 0 Å². The Hall–Kier alpha value is -0.240. The maximum Gasteiger partial charge on any atom is 0.0903 e. The Kier molecular flexibility index (Phi) is 30.5. The monoisotopic (exact) mass is 560 g/mol. The second-order valence-electron chi connectivity index (χ2n) is 11.9. The van der Waals surface area contributed by atoms with Crippen molar-refractivity contribution >= 4 is 0 Å². The van der Waals surface area contributed by atoms with E-state index in [1.807, 2.05) is 0 Å². The SMILES string of the molecule is CCCCCCCCCCCCCCCCCCOCCCC(CCN)[N+](CCCO)(CCCO)CCCO. The average Bonchev–Trinajstić information content (AvgIpc) is 2.95. The second-order valence-corrected chi connectivity index (χ2v) is 11.9. The fourth-order valence-corrected chi connectivity index (χ4v) is 6.20. The molecule has 1 unspecified atom stereocenters. The molecule has 0 aromatic rings. The van der Waals surface area contributed by atoms with Gasteiger partial charge in [-0.25, -0.2) is 0 Å². The van der Waals surface area contributed by atoms with Crippen LogP contribution in [-0.4, -0.2) is 85.1 Å². The van der Waals surface area contributed by atoms with E-state index in [9.17, 15) is 15.3 Å². The molecule has 1 atom stereocenters. The number of aliphatic hydroxyl groups excluding tert-OH is 3. The van der Waals surface area contributed by atoms with E-state index in [1.54, 1.807) is 0 Å². The van der Waals surface area contributed by atoms with Crippen LogP contribution in [0.3, 0.4) is 0 Å². The molecule has 236 valence electrons. The molecule has 0 aliphatic rings. The summed E-state index contributed by atoms with van der Waals surface area (Å²) >= 11 is 0. The van der Waals surface area contributed by atoms with Crippen molar-refractivity contribution in [3.05, 3.63) is 0 Å². The number of hydrogen-bond donors (Lipinski definition) is 4. The van der Waals surface area contributed by atoms with Gasteiger partial charge in [0.2, 0.25) is 0 Å². The number of aliphatic hydroxyl groups is 3. The van der Waals surface area contributed by atoms with Crippen molar-refractivity contribution in [2.24, 2.45) is 5.73 Å². The van der Waals surface area contributed by atoms with Crippen molar-refractivity contribution in [2.45, 2.75) is 154 Å². The maximum absolute atomic E-state index is 9.49. The van der Waals surface area contributed by atoms with E-state index < -0.39 is 0 Å². The molecule has 0 rings (SSSR count). The molecule has 0 aromatic carbocycles. The van der Waals surface area contributed by atoms with E-state index in [2.05, 4.69) is 6.92 Å². The molecule has 0 saturated carbocycles. The first-order chi connectivity index (χ1) is 19.2. The van der Waals surface area contributed by atoms with Gasteiger partial charge in [0.1, 0.15) is 0 Å². The molecule has 0 saturated heterocycles. The molecule has 39 heavy (non-hydrogen) atoms. The zero-order chi connectivity index (χ0) is 28.7. The first-order valence-electron chi connectivity index (χ1n) is 17.2. The number of nitrogens with two attached hydrogens (primary N) is 1. The molecule has 0 heterocycles. The van der Waals surface area contributed by atoms with Crippen LogP contribution in [0.5, 0.6) is 0 Å². The first-order valence-corrected chi connectivity index (χ1v) is 17.2. The predicted molar refractivity (Wildman–Crippen MR) is 167 cm³/mol. The molecular weight excluding hydrogens is 488 g/mol. The van der Waals surface area contributed by atoms with Crippen LogP contribution in [0.25, 0.3) is 0 Å². The van der Waals surface area contributed by atoms with Crippen LogP contribution < -0.4 is 5.73 Å². The summed E-state index contributed by atoms with van der Waals surface area (Å²) in [6.07, 6.45) is 27.4. The van der Waals surface area contributed by atoms with E-state index in [-0.39, 0.29) is 19.8 Å². The fourth-order valence-electron chi connectivity index (χ4n) is 6.20. The number of rotatable bonds is 33. The van der Waals surface area contributed by atoms with Gasteiger partial charge in [0, 0.05) is 65.1 Å². The van der Waals surface area contributed by atoms with Crippen LogP contribution in [0.1, 0.15) is 148 Å². The van der Waals surface area contributed by atoms with Gasteiger partial charge in [0.15, 0.2) is 0 Å². The summed E-state index contributed by atoms with van der Waals surface area (Å²) in [4.78, 5) is 0. The number of ether oxygens (including phenoxy) is 1. The number of quaternary nitrogens is 1. The maximum atomic E-state index is 9.49. The minimum absolute atomic E-state index is 0.177. The highest BCUT2D eigenvalue weighted by molar-refractivity contribution is 4.65. The molecule has 0 bridgehead atoms. The third kappa shape index (κ3) is 23.1. The van der Waals surface area contributed by atoms with Crippen molar-refractivity contribution in [1.82, 2.24) is 0 Å². The molecule has 0 spiro atoms. The lowest BCUT2D eigenvalue weighted by molar-refractivity contribution is -0.952.